The maximum Gasteiger partial charge on any atom is 0.417 e. The molecule has 0 fully saturated rings. The van der Waals surface area contributed by atoms with Crippen molar-refractivity contribution < 1.29 is 13.6 Å². The number of oxazole rings is 1. The molecule has 0 atom stereocenters. The Kier molecular flexibility index (Phi) is 3.80. The van der Waals surface area contributed by atoms with E-state index in [2.05, 4.69) is 10.3 Å². The molecule has 2 N–H and O–H groups in total. The van der Waals surface area contributed by atoms with Crippen molar-refractivity contribution in [1.82, 2.24) is 4.98 Å². The molecule has 3 aromatic rings. The molecular formula is C17H13FN2O3. The highest BCUT2D eigenvalue weighted by Crippen LogP contribution is 2.18. The van der Waals surface area contributed by atoms with Gasteiger partial charge in [0.15, 0.2) is 5.58 Å². The van der Waals surface area contributed by atoms with E-state index < -0.39 is 11.6 Å². The Morgan fingerprint density at radius 2 is 2.04 bits per heavy atom. The van der Waals surface area contributed by atoms with Gasteiger partial charge in [-0.25, -0.2) is 9.18 Å². The van der Waals surface area contributed by atoms with Crippen molar-refractivity contribution in [2.45, 2.75) is 6.92 Å². The predicted octanol–water partition coefficient (Wildman–Crippen LogP) is 3.30. The van der Waals surface area contributed by atoms with E-state index in [1.807, 2.05) is 0 Å². The number of benzene rings is 2. The number of fused-ring (bicyclic) bond motifs is 1. The van der Waals surface area contributed by atoms with E-state index >= 15 is 0 Å². The van der Waals surface area contributed by atoms with E-state index in [-0.39, 0.29) is 5.91 Å². The van der Waals surface area contributed by atoms with Crippen molar-refractivity contribution in [3.63, 3.8) is 0 Å². The monoisotopic (exact) mass is 312 g/mol. The molecule has 0 radical (unpaired) electrons. The third-order valence-electron chi connectivity index (χ3n) is 3.31. The van der Waals surface area contributed by atoms with Crippen LogP contribution in [-0.4, -0.2) is 10.9 Å². The van der Waals surface area contributed by atoms with Gasteiger partial charge in [0.05, 0.1) is 5.52 Å². The van der Waals surface area contributed by atoms with E-state index in [1.165, 1.54) is 12.1 Å². The quantitative estimate of drug-likeness (QED) is 0.729. The standard InChI is InChI=1S/C17H13FN2O3/c1-10(8-11-4-2-3-5-13(11)18)16(21)19-12-6-7-14-15(9-12)23-17(22)20-14/h2-9H,1H3,(H,19,21)(H,20,22)/b10-8+. The average Bonchev–Trinajstić information content (AvgIpc) is 2.88. The molecule has 0 saturated carbocycles. The maximum atomic E-state index is 13.6. The summed E-state index contributed by atoms with van der Waals surface area (Å²) in [6, 6.07) is 11.0. The fourth-order valence-corrected chi connectivity index (χ4v) is 2.14. The molecule has 0 aliphatic rings. The molecule has 0 aliphatic heterocycles. The van der Waals surface area contributed by atoms with Crippen LogP contribution < -0.4 is 11.1 Å². The van der Waals surface area contributed by atoms with Gasteiger partial charge in [-0.05, 0) is 31.2 Å². The average molecular weight is 312 g/mol. The number of aromatic nitrogens is 1. The molecule has 0 unspecified atom stereocenters. The van der Waals surface area contributed by atoms with Gasteiger partial charge in [-0.2, -0.15) is 0 Å². The number of halogens is 1. The summed E-state index contributed by atoms with van der Waals surface area (Å²) in [4.78, 5) is 25.8. The lowest BCUT2D eigenvalue weighted by Crippen LogP contribution is -2.12. The van der Waals surface area contributed by atoms with Crippen LogP contribution in [0.2, 0.25) is 0 Å². The first kappa shape index (κ1) is 14.8. The van der Waals surface area contributed by atoms with Gasteiger partial charge in [0, 0.05) is 22.9 Å². The number of hydrogen-bond acceptors (Lipinski definition) is 3. The van der Waals surface area contributed by atoms with Gasteiger partial charge < -0.3 is 9.73 Å². The number of carbonyl (C=O) groups is 1. The Bertz CT molecular complexity index is 969. The molecule has 0 spiro atoms. The molecule has 0 saturated heterocycles. The first-order chi connectivity index (χ1) is 11.0. The number of nitrogens with one attached hydrogen (secondary N) is 2. The first-order valence-electron chi connectivity index (χ1n) is 6.90. The molecule has 1 aromatic heterocycles. The normalized spacial score (nSPS) is 11.7. The molecule has 116 valence electrons. The van der Waals surface area contributed by atoms with Crippen LogP contribution in [-0.2, 0) is 4.79 Å². The second-order valence-electron chi connectivity index (χ2n) is 5.03. The van der Waals surface area contributed by atoms with Gasteiger partial charge in [0.1, 0.15) is 5.82 Å². The molecule has 6 heteroatoms. The Balaban J connectivity index is 1.82. The highest BCUT2D eigenvalue weighted by Gasteiger charge is 2.08. The summed E-state index contributed by atoms with van der Waals surface area (Å²) in [6.45, 7) is 1.59. The molecule has 3 rings (SSSR count). The van der Waals surface area contributed by atoms with Crippen molar-refractivity contribution in [3.05, 3.63) is 70.0 Å². The topological polar surface area (TPSA) is 75.1 Å². The number of anilines is 1. The Hall–Kier alpha value is -3.15. The van der Waals surface area contributed by atoms with Gasteiger partial charge in [-0.15, -0.1) is 0 Å². The van der Waals surface area contributed by atoms with E-state index in [1.54, 1.807) is 43.3 Å². The van der Waals surface area contributed by atoms with Gasteiger partial charge >= 0.3 is 5.76 Å². The molecule has 1 heterocycles. The van der Waals surface area contributed by atoms with Crippen LogP contribution >= 0.6 is 0 Å². The predicted molar refractivity (Wildman–Crippen MR) is 85.5 cm³/mol. The summed E-state index contributed by atoms with van der Waals surface area (Å²) in [7, 11) is 0. The third kappa shape index (κ3) is 3.21. The van der Waals surface area contributed by atoms with E-state index in [0.717, 1.165) is 0 Å². The van der Waals surface area contributed by atoms with Crippen LogP contribution in [0.4, 0.5) is 10.1 Å². The van der Waals surface area contributed by atoms with Gasteiger partial charge in [-0.1, -0.05) is 18.2 Å². The lowest BCUT2D eigenvalue weighted by Gasteiger charge is -2.05. The van der Waals surface area contributed by atoms with Crippen LogP contribution in [0.25, 0.3) is 17.2 Å². The second kappa shape index (κ2) is 5.92. The van der Waals surface area contributed by atoms with E-state index in [0.29, 0.717) is 27.9 Å². The number of hydrogen-bond donors (Lipinski definition) is 2. The summed E-state index contributed by atoms with van der Waals surface area (Å²) < 4.78 is 18.5. The first-order valence-corrected chi connectivity index (χ1v) is 6.90. The lowest BCUT2D eigenvalue weighted by atomic mass is 10.1. The fraction of sp³-hybridized carbons (Fsp3) is 0.0588. The molecule has 0 aliphatic carbocycles. The molecule has 23 heavy (non-hydrogen) atoms. The highest BCUT2D eigenvalue weighted by molar-refractivity contribution is 6.06. The number of rotatable bonds is 3. The van der Waals surface area contributed by atoms with Gasteiger partial charge in [0.2, 0.25) is 0 Å². The van der Waals surface area contributed by atoms with Crippen LogP contribution in [0, 0.1) is 5.82 Å². The molecule has 1 amide bonds. The number of aromatic amines is 1. The zero-order chi connectivity index (χ0) is 16.4. The summed E-state index contributed by atoms with van der Waals surface area (Å²) in [5, 5.41) is 2.68. The summed E-state index contributed by atoms with van der Waals surface area (Å²) in [5.74, 6) is -1.32. The van der Waals surface area contributed by atoms with E-state index in [9.17, 15) is 14.0 Å². The summed E-state index contributed by atoms with van der Waals surface area (Å²) in [5.41, 5.74) is 2.07. The smallest absolute Gasteiger partial charge is 0.408 e. The molecule has 5 nitrogen and oxygen atoms in total. The van der Waals surface area contributed by atoms with Crippen LogP contribution in [0.1, 0.15) is 12.5 Å². The Morgan fingerprint density at radius 3 is 2.83 bits per heavy atom. The maximum absolute atomic E-state index is 13.6. The molecular weight excluding hydrogens is 299 g/mol. The van der Waals surface area contributed by atoms with Gasteiger partial charge in [0.25, 0.3) is 5.91 Å². The van der Waals surface area contributed by atoms with Crippen molar-refractivity contribution in [3.8, 4) is 0 Å². The zero-order valence-electron chi connectivity index (χ0n) is 12.2. The summed E-state index contributed by atoms with van der Waals surface area (Å²) in [6.07, 6.45) is 1.47. The lowest BCUT2D eigenvalue weighted by molar-refractivity contribution is -0.112. The van der Waals surface area contributed by atoms with Gasteiger partial charge in [-0.3, -0.25) is 9.78 Å². The minimum absolute atomic E-state index is 0.340. The van der Waals surface area contributed by atoms with Crippen LogP contribution in [0.15, 0.2) is 57.2 Å². The van der Waals surface area contributed by atoms with Crippen molar-refractivity contribution >= 4 is 28.8 Å². The zero-order valence-corrected chi connectivity index (χ0v) is 12.2. The Labute approximate surface area is 130 Å². The van der Waals surface area contributed by atoms with Crippen molar-refractivity contribution in [1.29, 1.82) is 0 Å². The van der Waals surface area contributed by atoms with Crippen molar-refractivity contribution in [2.75, 3.05) is 5.32 Å². The minimum atomic E-state index is -0.556. The largest absolute Gasteiger partial charge is 0.417 e. The Morgan fingerprint density at radius 1 is 1.26 bits per heavy atom. The van der Waals surface area contributed by atoms with E-state index in [4.69, 9.17) is 4.42 Å². The minimum Gasteiger partial charge on any atom is -0.408 e. The molecule has 2 aromatic carbocycles. The fourth-order valence-electron chi connectivity index (χ4n) is 2.14. The number of H-pyrrole nitrogens is 1. The SMILES string of the molecule is C/C(=C\c1ccccc1F)C(=O)Nc1ccc2[nH]c(=O)oc2c1. The number of amides is 1. The van der Waals surface area contributed by atoms with Crippen LogP contribution in [0.5, 0.6) is 0 Å². The second-order valence-corrected chi connectivity index (χ2v) is 5.03. The molecule has 0 bridgehead atoms. The van der Waals surface area contributed by atoms with Crippen LogP contribution in [0.3, 0.4) is 0 Å². The highest BCUT2D eigenvalue weighted by atomic mass is 19.1. The summed E-state index contributed by atoms with van der Waals surface area (Å²) >= 11 is 0. The third-order valence-corrected chi connectivity index (χ3v) is 3.31. The van der Waals surface area contributed by atoms with Crippen molar-refractivity contribution in [2.24, 2.45) is 0 Å². The number of carbonyl (C=O) groups excluding carboxylic acids is 1.